The molecule has 1 saturated heterocycles. The number of benzene rings is 3. The van der Waals surface area contributed by atoms with Gasteiger partial charge in [0.25, 0.3) is 0 Å². The van der Waals surface area contributed by atoms with E-state index in [0.717, 1.165) is 31.3 Å². The molecule has 4 rings (SSSR count). The second-order valence-corrected chi connectivity index (χ2v) is 9.47. The number of nitrogens with two attached hydrogens (primary N) is 1. The summed E-state index contributed by atoms with van der Waals surface area (Å²) in [5.41, 5.74) is 9.78. The normalized spacial score (nSPS) is 16.8. The van der Waals surface area contributed by atoms with Gasteiger partial charge in [-0.15, -0.1) is 0 Å². The highest BCUT2D eigenvalue weighted by Crippen LogP contribution is 2.28. The van der Waals surface area contributed by atoms with Gasteiger partial charge in [-0.3, -0.25) is 4.90 Å². The third-order valence-corrected chi connectivity index (χ3v) is 7.07. The van der Waals surface area contributed by atoms with E-state index in [4.69, 9.17) is 10.5 Å². The molecule has 1 fully saturated rings. The molecule has 0 amide bonds. The first-order chi connectivity index (χ1) is 16.7. The molecule has 34 heavy (non-hydrogen) atoms. The number of hydrogen-bond acceptors (Lipinski definition) is 4. The van der Waals surface area contributed by atoms with Crippen LogP contribution in [-0.4, -0.2) is 37.1 Å². The maximum atomic E-state index is 5.99. The van der Waals surface area contributed by atoms with E-state index >= 15 is 0 Å². The van der Waals surface area contributed by atoms with Gasteiger partial charge in [-0.25, -0.2) is 0 Å². The van der Waals surface area contributed by atoms with Gasteiger partial charge in [0, 0.05) is 25.2 Å². The van der Waals surface area contributed by atoms with Crippen molar-refractivity contribution < 1.29 is 4.74 Å². The summed E-state index contributed by atoms with van der Waals surface area (Å²) in [6.45, 7) is 6.69. The van der Waals surface area contributed by atoms with E-state index < -0.39 is 0 Å². The van der Waals surface area contributed by atoms with Crippen LogP contribution in [-0.2, 0) is 13.0 Å². The third kappa shape index (κ3) is 6.92. The average molecular weight is 458 g/mol. The van der Waals surface area contributed by atoms with Gasteiger partial charge >= 0.3 is 0 Å². The summed E-state index contributed by atoms with van der Waals surface area (Å²) >= 11 is 0. The summed E-state index contributed by atoms with van der Waals surface area (Å²) < 4.78 is 5.99. The minimum atomic E-state index is 0.248. The van der Waals surface area contributed by atoms with E-state index in [1.807, 2.05) is 18.2 Å². The van der Waals surface area contributed by atoms with Gasteiger partial charge in [0.2, 0.25) is 0 Å². The lowest BCUT2D eigenvalue weighted by Crippen LogP contribution is -2.47. The summed E-state index contributed by atoms with van der Waals surface area (Å²) in [6, 6.07) is 30.4. The van der Waals surface area contributed by atoms with Gasteiger partial charge in [0.05, 0.1) is 0 Å². The van der Waals surface area contributed by atoms with Crippen LogP contribution in [0.4, 0.5) is 0 Å². The molecule has 2 atom stereocenters. The fourth-order valence-corrected chi connectivity index (χ4v) is 5.04. The molecule has 3 aromatic rings. The standard InChI is InChI=1S/C30H39N3O/c1-24(33-20-16-26(17-21-33)22-25-8-4-2-5-9-25)30(32-19-18-31)28-12-14-29(15-13-28)34-23-27-10-6-3-7-11-27/h2-15,24,26,30,32H,16-23,31H2,1H3/t24-,30+/m1/s1. The van der Waals surface area contributed by atoms with Gasteiger partial charge in [-0.2, -0.15) is 0 Å². The molecule has 0 unspecified atom stereocenters. The van der Waals surface area contributed by atoms with E-state index in [2.05, 4.69) is 83.9 Å². The van der Waals surface area contributed by atoms with Gasteiger partial charge in [0.1, 0.15) is 12.4 Å². The number of nitrogens with one attached hydrogen (secondary N) is 1. The molecule has 0 saturated carbocycles. The van der Waals surface area contributed by atoms with Gasteiger partial charge in [-0.05, 0) is 74.0 Å². The molecule has 4 heteroatoms. The molecule has 1 aliphatic heterocycles. The highest BCUT2D eigenvalue weighted by Gasteiger charge is 2.28. The lowest BCUT2D eigenvalue weighted by Gasteiger charge is -2.40. The number of rotatable bonds is 11. The van der Waals surface area contributed by atoms with Crippen molar-refractivity contribution in [1.29, 1.82) is 0 Å². The monoisotopic (exact) mass is 457 g/mol. The predicted molar refractivity (Wildman–Crippen MR) is 141 cm³/mol. The lowest BCUT2D eigenvalue weighted by atomic mass is 9.88. The molecular formula is C30H39N3O. The molecule has 180 valence electrons. The van der Waals surface area contributed by atoms with E-state index in [-0.39, 0.29) is 6.04 Å². The number of nitrogens with zero attached hydrogens (tertiary/aromatic N) is 1. The minimum Gasteiger partial charge on any atom is -0.489 e. The Labute approximate surface area is 205 Å². The zero-order valence-corrected chi connectivity index (χ0v) is 20.4. The molecule has 0 spiro atoms. The first-order valence-corrected chi connectivity index (χ1v) is 12.7. The van der Waals surface area contributed by atoms with Crippen LogP contribution < -0.4 is 15.8 Å². The zero-order valence-electron chi connectivity index (χ0n) is 20.4. The Kier molecular flexibility index (Phi) is 9.14. The molecule has 3 aromatic carbocycles. The summed E-state index contributed by atoms with van der Waals surface area (Å²) in [7, 11) is 0. The summed E-state index contributed by atoms with van der Waals surface area (Å²) in [5, 5.41) is 3.70. The van der Waals surface area contributed by atoms with Crippen LogP contribution in [0.25, 0.3) is 0 Å². The Morgan fingerprint density at radius 1 is 0.882 bits per heavy atom. The second-order valence-electron chi connectivity index (χ2n) is 9.47. The zero-order chi connectivity index (χ0) is 23.6. The van der Waals surface area contributed by atoms with Crippen LogP contribution in [0.2, 0.25) is 0 Å². The predicted octanol–water partition coefficient (Wildman–Crippen LogP) is 5.20. The van der Waals surface area contributed by atoms with Crippen LogP contribution in [0.1, 0.15) is 42.5 Å². The molecule has 0 aliphatic carbocycles. The first-order valence-electron chi connectivity index (χ1n) is 12.7. The second kappa shape index (κ2) is 12.7. The molecular weight excluding hydrogens is 418 g/mol. The molecule has 0 radical (unpaired) electrons. The molecule has 3 N–H and O–H groups in total. The van der Waals surface area contributed by atoms with Crippen molar-refractivity contribution in [2.75, 3.05) is 26.2 Å². The van der Waals surface area contributed by atoms with E-state index in [9.17, 15) is 0 Å². The Hall–Kier alpha value is -2.66. The van der Waals surface area contributed by atoms with Crippen LogP contribution in [0.15, 0.2) is 84.9 Å². The Balaban J connectivity index is 1.34. The Bertz CT molecular complexity index is 953. The van der Waals surface area contributed by atoms with E-state index in [1.165, 1.54) is 36.0 Å². The highest BCUT2D eigenvalue weighted by molar-refractivity contribution is 5.30. The van der Waals surface area contributed by atoms with Crippen molar-refractivity contribution in [2.24, 2.45) is 11.7 Å². The molecule has 0 aromatic heterocycles. The lowest BCUT2D eigenvalue weighted by molar-refractivity contribution is 0.116. The van der Waals surface area contributed by atoms with E-state index in [1.54, 1.807) is 0 Å². The number of piperidine rings is 1. The topological polar surface area (TPSA) is 50.5 Å². The van der Waals surface area contributed by atoms with Crippen molar-refractivity contribution in [3.63, 3.8) is 0 Å². The number of likely N-dealkylation sites (tertiary alicyclic amines) is 1. The summed E-state index contributed by atoms with van der Waals surface area (Å²) in [6.07, 6.45) is 3.71. The van der Waals surface area contributed by atoms with Gasteiger partial charge < -0.3 is 15.8 Å². The van der Waals surface area contributed by atoms with Crippen LogP contribution in [0, 0.1) is 5.92 Å². The van der Waals surface area contributed by atoms with Crippen LogP contribution >= 0.6 is 0 Å². The number of ether oxygens (including phenoxy) is 1. The molecule has 1 aliphatic rings. The maximum absolute atomic E-state index is 5.99. The molecule has 1 heterocycles. The average Bonchev–Trinajstić information content (AvgIpc) is 2.90. The SMILES string of the molecule is C[C@H]([C@H](NCCN)c1ccc(OCc2ccccc2)cc1)N1CCC(Cc2ccccc2)CC1. The first kappa shape index (κ1) is 24.5. The van der Waals surface area contributed by atoms with Crippen LogP contribution in [0.3, 0.4) is 0 Å². The Morgan fingerprint density at radius 2 is 1.50 bits per heavy atom. The van der Waals surface area contributed by atoms with Crippen molar-refractivity contribution in [1.82, 2.24) is 10.2 Å². The molecule has 4 nitrogen and oxygen atoms in total. The third-order valence-electron chi connectivity index (χ3n) is 7.07. The maximum Gasteiger partial charge on any atom is 0.119 e. The van der Waals surface area contributed by atoms with Crippen LogP contribution in [0.5, 0.6) is 5.75 Å². The minimum absolute atomic E-state index is 0.248. The van der Waals surface area contributed by atoms with Gasteiger partial charge in [0.15, 0.2) is 0 Å². The van der Waals surface area contributed by atoms with Crippen molar-refractivity contribution in [3.05, 3.63) is 102 Å². The van der Waals surface area contributed by atoms with Crippen molar-refractivity contribution in [3.8, 4) is 5.75 Å². The van der Waals surface area contributed by atoms with Crippen molar-refractivity contribution in [2.45, 2.75) is 44.9 Å². The fraction of sp³-hybridized carbons (Fsp3) is 0.400. The van der Waals surface area contributed by atoms with Crippen molar-refractivity contribution >= 4 is 0 Å². The summed E-state index contributed by atoms with van der Waals surface area (Å²) in [4.78, 5) is 2.65. The number of hydrogen-bond donors (Lipinski definition) is 2. The van der Waals surface area contributed by atoms with E-state index in [0.29, 0.717) is 19.2 Å². The largest absolute Gasteiger partial charge is 0.489 e. The highest BCUT2D eigenvalue weighted by atomic mass is 16.5. The summed E-state index contributed by atoms with van der Waals surface area (Å²) in [5.74, 6) is 1.68. The smallest absolute Gasteiger partial charge is 0.119 e. The fourth-order valence-electron chi connectivity index (χ4n) is 5.04. The Morgan fingerprint density at radius 3 is 2.12 bits per heavy atom. The van der Waals surface area contributed by atoms with Gasteiger partial charge in [-0.1, -0.05) is 72.8 Å². The quantitative estimate of drug-likeness (QED) is 0.416. The molecule has 0 bridgehead atoms.